The molecule has 3 heterocycles. The van der Waals surface area contributed by atoms with E-state index in [0.717, 1.165) is 43.2 Å². The van der Waals surface area contributed by atoms with Crippen LogP contribution >= 0.6 is 11.3 Å². The molecule has 1 fully saturated rings. The summed E-state index contributed by atoms with van der Waals surface area (Å²) >= 11 is 1.43. The van der Waals surface area contributed by atoms with Crippen molar-refractivity contribution in [2.24, 2.45) is 5.92 Å². The van der Waals surface area contributed by atoms with Crippen LogP contribution in [0.1, 0.15) is 62.3 Å². The highest BCUT2D eigenvalue weighted by Crippen LogP contribution is 2.48. The molecule has 1 unspecified atom stereocenters. The Bertz CT molecular complexity index is 1330. The lowest BCUT2D eigenvalue weighted by Gasteiger charge is -2.47. The van der Waals surface area contributed by atoms with Gasteiger partial charge in [0.05, 0.1) is 12.1 Å². The third kappa shape index (κ3) is 7.30. The number of nitrogens with one attached hydrogen (secondary N) is 2. The van der Waals surface area contributed by atoms with Crippen molar-refractivity contribution >= 4 is 17.2 Å². The van der Waals surface area contributed by atoms with Gasteiger partial charge in [0.1, 0.15) is 23.0 Å². The molecule has 0 bridgehead atoms. The molecule has 1 amide bonds. The van der Waals surface area contributed by atoms with Crippen LogP contribution in [0.2, 0.25) is 0 Å². The molecule has 1 spiro atoms. The molecule has 2 aliphatic rings. The van der Waals surface area contributed by atoms with E-state index >= 15 is 0 Å². The molecular formula is C31H39FN4O4S. The van der Waals surface area contributed by atoms with E-state index in [0.29, 0.717) is 27.9 Å². The maximum absolute atomic E-state index is 14.6. The van der Waals surface area contributed by atoms with Crippen molar-refractivity contribution in [3.63, 3.8) is 0 Å². The van der Waals surface area contributed by atoms with Gasteiger partial charge in [0, 0.05) is 55.0 Å². The zero-order chi connectivity index (χ0) is 29.0. The van der Waals surface area contributed by atoms with Crippen LogP contribution < -0.4 is 15.4 Å². The summed E-state index contributed by atoms with van der Waals surface area (Å²) in [5.41, 5.74) is 3.27. The van der Waals surface area contributed by atoms with Gasteiger partial charge < -0.3 is 25.2 Å². The molecule has 41 heavy (non-hydrogen) atoms. The van der Waals surface area contributed by atoms with E-state index in [9.17, 15) is 14.3 Å². The molecule has 220 valence electrons. The Morgan fingerprint density at radius 3 is 2.73 bits per heavy atom. The number of rotatable bonds is 12. The lowest BCUT2D eigenvalue weighted by Crippen LogP contribution is -2.52. The number of aliphatic hydroxyl groups excluding tert-OH is 1. The standard InChI is InChI=1S/C31H39FN4O4S/c1-19(2)9-21-12-24-26(15-31(5-4-6-31)40-29(24)35-16-21)34-17-27(37)25(36-28(38)18-39-3)13-20-10-22(14-23(32)11-20)30-33-7-8-41-30/h7-8,10-12,14,16,19,25-27,34,37H,4-6,9,13,15,17-18H2,1-3H3,(H,36,38)/t25?,26-,27+/m0/s1. The van der Waals surface area contributed by atoms with E-state index in [2.05, 4.69) is 40.5 Å². The highest BCUT2D eigenvalue weighted by Gasteiger charge is 2.46. The third-order valence-corrected chi connectivity index (χ3v) is 8.68. The van der Waals surface area contributed by atoms with Crippen LogP contribution in [-0.4, -0.2) is 59.0 Å². The average molecular weight is 583 g/mol. The van der Waals surface area contributed by atoms with Gasteiger partial charge in [-0.25, -0.2) is 14.4 Å². The number of aromatic nitrogens is 2. The fraction of sp³-hybridized carbons (Fsp3) is 0.516. The Labute approximate surface area is 244 Å². The first kappa shape index (κ1) is 29.6. The van der Waals surface area contributed by atoms with Crippen LogP contribution in [0.25, 0.3) is 10.6 Å². The van der Waals surface area contributed by atoms with Gasteiger partial charge in [0.15, 0.2) is 0 Å². The van der Waals surface area contributed by atoms with Crippen LogP contribution in [0.5, 0.6) is 5.88 Å². The first-order valence-electron chi connectivity index (χ1n) is 14.3. The Balaban J connectivity index is 1.34. The lowest BCUT2D eigenvalue weighted by atomic mass is 9.73. The second-order valence-electron chi connectivity index (χ2n) is 11.7. The first-order valence-corrected chi connectivity index (χ1v) is 15.2. The van der Waals surface area contributed by atoms with E-state index in [1.54, 1.807) is 6.20 Å². The summed E-state index contributed by atoms with van der Waals surface area (Å²) in [5, 5.41) is 20.4. The number of benzene rings is 1. The van der Waals surface area contributed by atoms with Crippen molar-refractivity contribution in [1.29, 1.82) is 0 Å². The van der Waals surface area contributed by atoms with Gasteiger partial charge in [-0.1, -0.05) is 13.8 Å². The Kier molecular flexibility index (Phi) is 9.33. The van der Waals surface area contributed by atoms with Crippen LogP contribution in [0, 0.1) is 11.7 Å². The van der Waals surface area contributed by atoms with Gasteiger partial charge in [-0.2, -0.15) is 0 Å². The lowest BCUT2D eigenvalue weighted by molar-refractivity contribution is -0.126. The van der Waals surface area contributed by atoms with Gasteiger partial charge >= 0.3 is 0 Å². The predicted octanol–water partition coefficient (Wildman–Crippen LogP) is 4.61. The molecule has 10 heteroatoms. The largest absolute Gasteiger partial charge is 0.471 e. The molecule has 0 radical (unpaired) electrons. The minimum Gasteiger partial charge on any atom is -0.471 e. The maximum Gasteiger partial charge on any atom is 0.246 e. The van der Waals surface area contributed by atoms with Crippen molar-refractivity contribution in [2.75, 3.05) is 20.3 Å². The molecule has 1 aliphatic heterocycles. The van der Waals surface area contributed by atoms with Gasteiger partial charge in [-0.05, 0) is 73.4 Å². The third-order valence-electron chi connectivity index (χ3n) is 7.86. The van der Waals surface area contributed by atoms with Crippen LogP contribution in [-0.2, 0) is 22.4 Å². The number of hydrogen-bond acceptors (Lipinski definition) is 8. The molecule has 1 aliphatic carbocycles. The Hall–Kier alpha value is -2.92. The molecule has 3 N–H and O–H groups in total. The van der Waals surface area contributed by atoms with Crippen molar-refractivity contribution in [3.05, 3.63) is 64.5 Å². The van der Waals surface area contributed by atoms with Gasteiger partial charge in [0.25, 0.3) is 0 Å². The molecule has 3 aromatic rings. The average Bonchev–Trinajstić information content (AvgIpc) is 3.45. The number of ether oxygens (including phenoxy) is 2. The van der Waals surface area contributed by atoms with Crippen LogP contribution in [0.4, 0.5) is 4.39 Å². The monoisotopic (exact) mass is 582 g/mol. The molecular weight excluding hydrogens is 543 g/mol. The molecule has 1 aromatic carbocycles. The number of hydrogen-bond donors (Lipinski definition) is 3. The first-order chi connectivity index (χ1) is 19.7. The number of aliphatic hydroxyl groups is 1. The minimum atomic E-state index is -0.946. The second kappa shape index (κ2) is 12.9. The number of methoxy groups -OCH3 is 1. The predicted molar refractivity (Wildman–Crippen MR) is 156 cm³/mol. The Morgan fingerprint density at radius 1 is 1.22 bits per heavy atom. The zero-order valence-electron chi connectivity index (χ0n) is 23.9. The summed E-state index contributed by atoms with van der Waals surface area (Å²) in [6.07, 6.45) is 7.69. The summed E-state index contributed by atoms with van der Waals surface area (Å²) in [6.45, 7) is 4.45. The summed E-state index contributed by atoms with van der Waals surface area (Å²) < 4.78 is 26.0. The van der Waals surface area contributed by atoms with Crippen molar-refractivity contribution < 1.29 is 23.8 Å². The van der Waals surface area contributed by atoms with E-state index in [4.69, 9.17) is 9.47 Å². The molecule has 0 saturated heterocycles. The normalized spacial score (nSPS) is 18.8. The summed E-state index contributed by atoms with van der Waals surface area (Å²) in [7, 11) is 1.44. The second-order valence-corrected chi connectivity index (χ2v) is 12.6. The number of thiazole rings is 1. The quantitative estimate of drug-likeness (QED) is 0.286. The van der Waals surface area contributed by atoms with E-state index in [-0.39, 0.29) is 37.1 Å². The number of carbonyl (C=O) groups is 1. The highest BCUT2D eigenvalue weighted by molar-refractivity contribution is 7.13. The van der Waals surface area contributed by atoms with Crippen LogP contribution in [0.15, 0.2) is 42.0 Å². The summed E-state index contributed by atoms with van der Waals surface area (Å²) in [6, 6.07) is 6.19. The molecule has 5 rings (SSSR count). The number of halogens is 1. The molecule has 8 nitrogen and oxygen atoms in total. The van der Waals surface area contributed by atoms with E-state index in [1.165, 1.54) is 30.6 Å². The summed E-state index contributed by atoms with van der Waals surface area (Å²) in [4.78, 5) is 21.5. The zero-order valence-corrected chi connectivity index (χ0v) is 24.7. The fourth-order valence-corrected chi connectivity index (χ4v) is 6.43. The van der Waals surface area contributed by atoms with E-state index in [1.807, 2.05) is 17.6 Å². The SMILES string of the molecule is COCC(=O)NC(Cc1cc(F)cc(-c2nccs2)c1)[C@H](O)CN[C@H]1CC2(CCC2)Oc2ncc(CC(C)C)cc21. The number of pyridine rings is 1. The number of carbonyl (C=O) groups excluding carboxylic acids is 1. The van der Waals surface area contributed by atoms with Crippen LogP contribution in [0.3, 0.4) is 0 Å². The number of nitrogens with zero attached hydrogens (tertiary/aromatic N) is 2. The van der Waals surface area contributed by atoms with Crippen molar-refractivity contribution in [2.45, 2.75) is 76.2 Å². The molecule has 3 atom stereocenters. The smallest absolute Gasteiger partial charge is 0.246 e. The number of amides is 1. The minimum absolute atomic E-state index is 0.0469. The molecule has 1 saturated carbocycles. The van der Waals surface area contributed by atoms with Crippen molar-refractivity contribution in [1.82, 2.24) is 20.6 Å². The van der Waals surface area contributed by atoms with E-state index < -0.39 is 18.0 Å². The van der Waals surface area contributed by atoms with Crippen molar-refractivity contribution in [3.8, 4) is 16.5 Å². The summed E-state index contributed by atoms with van der Waals surface area (Å²) in [5.74, 6) is 0.424. The maximum atomic E-state index is 14.6. The topological polar surface area (TPSA) is 106 Å². The fourth-order valence-electron chi connectivity index (χ4n) is 5.80. The van der Waals surface area contributed by atoms with Gasteiger partial charge in [0.2, 0.25) is 11.8 Å². The van der Waals surface area contributed by atoms with Gasteiger partial charge in [-0.3, -0.25) is 4.79 Å². The Morgan fingerprint density at radius 2 is 2.05 bits per heavy atom. The molecule has 2 aromatic heterocycles. The number of fused-ring (bicyclic) bond motifs is 1. The highest BCUT2D eigenvalue weighted by atomic mass is 32.1. The van der Waals surface area contributed by atoms with Gasteiger partial charge in [-0.15, -0.1) is 11.3 Å².